The minimum Gasteiger partial charge on any atom is -0.437 e. The van der Waals surface area contributed by atoms with E-state index in [1.165, 1.54) is 12.4 Å². The fourth-order valence-corrected chi connectivity index (χ4v) is 1.47. The van der Waals surface area contributed by atoms with Crippen LogP contribution in [0.5, 0.6) is 11.6 Å². The zero-order valence-electron chi connectivity index (χ0n) is 9.64. The van der Waals surface area contributed by atoms with Crippen molar-refractivity contribution in [3.05, 3.63) is 46.9 Å². The molecule has 0 aliphatic carbocycles. The topological polar surface area (TPSA) is 84.9 Å². The normalized spacial score (nSPS) is 10.1. The van der Waals surface area contributed by atoms with Gasteiger partial charge in [0.15, 0.2) is 0 Å². The molecule has 0 aliphatic heterocycles. The molecule has 5 nitrogen and oxygen atoms in total. The maximum absolute atomic E-state index is 7.21. The summed E-state index contributed by atoms with van der Waals surface area (Å²) >= 11 is 5.89. The highest BCUT2D eigenvalue weighted by molar-refractivity contribution is 6.30. The van der Waals surface area contributed by atoms with Crippen LogP contribution in [0.3, 0.4) is 0 Å². The maximum atomic E-state index is 7.21. The highest BCUT2D eigenvalue weighted by Gasteiger charge is 2.05. The molecular weight excluding hydrogens is 252 g/mol. The Bertz CT molecular complexity index is 583. The van der Waals surface area contributed by atoms with Gasteiger partial charge in [-0.3, -0.25) is 5.41 Å². The van der Waals surface area contributed by atoms with Gasteiger partial charge in [0.05, 0.1) is 12.4 Å². The number of hydrogen-bond donors (Lipinski definition) is 2. The van der Waals surface area contributed by atoms with Gasteiger partial charge < -0.3 is 10.5 Å². The van der Waals surface area contributed by atoms with Gasteiger partial charge in [-0.2, -0.15) is 0 Å². The van der Waals surface area contributed by atoms with Crippen molar-refractivity contribution >= 4 is 17.4 Å². The highest BCUT2D eigenvalue weighted by Crippen LogP contribution is 2.26. The van der Waals surface area contributed by atoms with E-state index in [1.54, 1.807) is 12.1 Å². The van der Waals surface area contributed by atoms with E-state index in [0.717, 1.165) is 5.56 Å². The fraction of sp³-hybridized carbons (Fsp3) is 0.0833. The lowest BCUT2D eigenvalue weighted by Gasteiger charge is -2.07. The van der Waals surface area contributed by atoms with Crippen LogP contribution in [-0.2, 0) is 0 Å². The Morgan fingerprint density at radius 1 is 1.33 bits per heavy atom. The summed E-state index contributed by atoms with van der Waals surface area (Å²) in [6, 6.07) is 5.35. The molecule has 0 fully saturated rings. The lowest BCUT2D eigenvalue weighted by atomic mass is 10.2. The fourth-order valence-electron chi connectivity index (χ4n) is 1.30. The van der Waals surface area contributed by atoms with Crippen LogP contribution in [-0.4, -0.2) is 15.8 Å². The second-order valence-corrected chi connectivity index (χ2v) is 4.10. The first kappa shape index (κ1) is 12.3. The van der Waals surface area contributed by atoms with Crippen LogP contribution in [0.25, 0.3) is 0 Å². The van der Waals surface area contributed by atoms with Crippen LogP contribution in [0.15, 0.2) is 30.6 Å². The number of ether oxygens (including phenoxy) is 1. The van der Waals surface area contributed by atoms with Crippen molar-refractivity contribution in [3.63, 3.8) is 0 Å². The van der Waals surface area contributed by atoms with E-state index >= 15 is 0 Å². The number of rotatable bonds is 3. The molecule has 1 heterocycles. The molecule has 2 aromatic rings. The van der Waals surface area contributed by atoms with Crippen molar-refractivity contribution in [2.24, 2.45) is 5.73 Å². The van der Waals surface area contributed by atoms with Crippen molar-refractivity contribution in [1.29, 1.82) is 5.41 Å². The van der Waals surface area contributed by atoms with Crippen molar-refractivity contribution in [3.8, 4) is 11.6 Å². The van der Waals surface area contributed by atoms with E-state index in [2.05, 4.69) is 9.97 Å². The molecule has 1 aromatic heterocycles. The number of hydrogen-bond acceptors (Lipinski definition) is 4. The summed E-state index contributed by atoms with van der Waals surface area (Å²) in [4.78, 5) is 7.97. The zero-order valence-corrected chi connectivity index (χ0v) is 10.4. The Morgan fingerprint density at radius 2 is 2.11 bits per heavy atom. The SMILES string of the molecule is Cc1ccc(Cl)cc1Oc1cnc(C(=N)N)cn1. The maximum Gasteiger partial charge on any atom is 0.237 e. The number of benzene rings is 1. The number of nitrogens with one attached hydrogen (secondary N) is 1. The molecule has 3 N–H and O–H groups in total. The average molecular weight is 263 g/mol. The van der Waals surface area contributed by atoms with Crippen LogP contribution >= 0.6 is 11.6 Å². The van der Waals surface area contributed by atoms with Gasteiger partial charge in [0.25, 0.3) is 0 Å². The third-order valence-electron chi connectivity index (χ3n) is 2.27. The molecule has 0 atom stereocenters. The van der Waals surface area contributed by atoms with E-state index in [9.17, 15) is 0 Å². The summed E-state index contributed by atoms with van der Waals surface area (Å²) in [5.41, 5.74) is 6.53. The van der Waals surface area contributed by atoms with Crippen LogP contribution in [0, 0.1) is 12.3 Å². The molecule has 6 heteroatoms. The van der Waals surface area contributed by atoms with Gasteiger partial charge in [-0.1, -0.05) is 17.7 Å². The predicted octanol–water partition coefficient (Wildman–Crippen LogP) is 2.51. The third-order valence-corrected chi connectivity index (χ3v) is 2.50. The minimum atomic E-state index is -0.131. The van der Waals surface area contributed by atoms with Crippen molar-refractivity contribution in [2.45, 2.75) is 6.92 Å². The first-order chi connectivity index (χ1) is 8.56. The highest BCUT2D eigenvalue weighted by atomic mass is 35.5. The summed E-state index contributed by atoms with van der Waals surface area (Å²) in [5.74, 6) is 0.811. The molecule has 1 aromatic carbocycles. The lowest BCUT2D eigenvalue weighted by Crippen LogP contribution is -2.13. The molecule has 2 rings (SSSR count). The molecule has 0 radical (unpaired) electrons. The molecule has 0 bridgehead atoms. The first-order valence-corrected chi connectivity index (χ1v) is 5.54. The average Bonchev–Trinajstić information content (AvgIpc) is 2.34. The van der Waals surface area contributed by atoms with Crippen LogP contribution in [0.2, 0.25) is 5.02 Å². The van der Waals surface area contributed by atoms with E-state index in [0.29, 0.717) is 22.3 Å². The summed E-state index contributed by atoms with van der Waals surface area (Å²) in [5, 5.41) is 7.79. The number of amidine groups is 1. The molecular formula is C12H11ClN4O. The third kappa shape index (κ3) is 2.75. The number of halogens is 1. The Morgan fingerprint density at radius 3 is 2.72 bits per heavy atom. The van der Waals surface area contributed by atoms with Gasteiger partial charge in [0.2, 0.25) is 5.88 Å². The standard InChI is InChI=1S/C12H11ClN4O/c1-7-2-3-8(13)4-10(7)18-11-6-16-9(5-17-11)12(14)15/h2-6H,1H3,(H3,14,15). The molecule has 0 aliphatic rings. The monoisotopic (exact) mass is 262 g/mol. The summed E-state index contributed by atoms with van der Waals surface area (Å²) in [6.07, 6.45) is 2.80. The van der Waals surface area contributed by atoms with Crippen LogP contribution in [0.4, 0.5) is 0 Å². The number of aryl methyl sites for hydroxylation is 1. The molecule has 0 saturated heterocycles. The number of nitrogens with zero attached hydrogens (tertiary/aromatic N) is 2. The molecule has 92 valence electrons. The Hall–Kier alpha value is -2.14. The van der Waals surface area contributed by atoms with Crippen molar-refractivity contribution < 1.29 is 4.74 Å². The zero-order chi connectivity index (χ0) is 13.1. The van der Waals surface area contributed by atoms with Gasteiger partial charge >= 0.3 is 0 Å². The van der Waals surface area contributed by atoms with Crippen molar-refractivity contribution in [2.75, 3.05) is 0 Å². The van der Waals surface area contributed by atoms with E-state index in [1.807, 2.05) is 13.0 Å². The molecule has 18 heavy (non-hydrogen) atoms. The summed E-state index contributed by atoms with van der Waals surface area (Å²) < 4.78 is 5.56. The van der Waals surface area contributed by atoms with Gasteiger partial charge in [0, 0.05) is 5.02 Å². The molecule has 0 saturated carbocycles. The van der Waals surface area contributed by atoms with Gasteiger partial charge in [-0.25, -0.2) is 9.97 Å². The molecule has 0 amide bonds. The number of aromatic nitrogens is 2. The van der Waals surface area contributed by atoms with Gasteiger partial charge in [-0.05, 0) is 24.6 Å². The van der Waals surface area contributed by atoms with E-state index in [4.69, 9.17) is 27.5 Å². The second kappa shape index (κ2) is 5.01. The van der Waals surface area contributed by atoms with Crippen LogP contribution in [0.1, 0.15) is 11.3 Å². The summed E-state index contributed by atoms with van der Waals surface area (Å²) in [7, 11) is 0. The number of nitrogen functional groups attached to an aromatic ring is 1. The smallest absolute Gasteiger partial charge is 0.237 e. The van der Waals surface area contributed by atoms with Gasteiger partial charge in [0.1, 0.15) is 17.3 Å². The van der Waals surface area contributed by atoms with Crippen LogP contribution < -0.4 is 10.5 Å². The largest absolute Gasteiger partial charge is 0.437 e. The Balaban J connectivity index is 2.23. The molecule has 0 unspecified atom stereocenters. The number of nitrogens with two attached hydrogens (primary N) is 1. The van der Waals surface area contributed by atoms with E-state index in [-0.39, 0.29) is 5.84 Å². The Labute approximate surface area is 109 Å². The lowest BCUT2D eigenvalue weighted by molar-refractivity contribution is 0.456. The molecule has 0 spiro atoms. The van der Waals surface area contributed by atoms with Gasteiger partial charge in [-0.15, -0.1) is 0 Å². The van der Waals surface area contributed by atoms with E-state index < -0.39 is 0 Å². The Kier molecular flexibility index (Phi) is 3.43. The van der Waals surface area contributed by atoms with Crippen molar-refractivity contribution in [1.82, 2.24) is 9.97 Å². The second-order valence-electron chi connectivity index (χ2n) is 3.67. The minimum absolute atomic E-state index is 0.131. The first-order valence-electron chi connectivity index (χ1n) is 5.16. The summed E-state index contributed by atoms with van der Waals surface area (Å²) in [6.45, 7) is 1.91. The predicted molar refractivity (Wildman–Crippen MR) is 69.3 cm³/mol. The quantitative estimate of drug-likeness (QED) is 0.657.